The minimum Gasteiger partial charge on any atom is -0.442 e. The maximum atomic E-state index is 12.6. The summed E-state index contributed by atoms with van der Waals surface area (Å²) in [6.45, 7) is 0. The number of furan rings is 1. The summed E-state index contributed by atoms with van der Waals surface area (Å²) >= 11 is 6.03. The van der Waals surface area contributed by atoms with Gasteiger partial charge in [0.25, 0.3) is 5.91 Å². The van der Waals surface area contributed by atoms with Gasteiger partial charge in [-0.1, -0.05) is 11.6 Å². The fourth-order valence-corrected chi connectivity index (χ4v) is 6.22. The van der Waals surface area contributed by atoms with Crippen molar-refractivity contribution >= 4 is 39.4 Å². The van der Waals surface area contributed by atoms with Crippen LogP contribution in [0.5, 0.6) is 0 Å². The zero-order chi connectivity index (χ0) is 19.8. The van der Waals surface area contributed by atoms with Crippen molar-refractivity contribution < 1.29 is 17.8 Å². The van der Waals surface area contributed by atoms with Crippen LogP contribution in [0.25, 0.3) is 11.1 Å². The number of rotatable bonds is 6. The molecule has 1 atom stereocenters. The average molecular weight is 431 g/mol. The minimum absolute atomic E-state index is 0.0984. The normalized spacial score (nSPS) is 28.6. The van der Waals surface area contributed by atoms with E-state index in [1.165, 1.54) is 0 Å². The Kier molecular flexibility index (Phi) is 3.64. The summed E-state index contributed by atoms with van der Waals surface area (Å²) in [5, 5.41) is 4.12. The van der Waals surface area contributed by atoms with E-state index in [9.17, 15) is 9.00 Å². The lowest BCUT2D eigenvalue weighted by Crippen LogP contribution is -2.76. The Morgan fingerprint density at radius 1 is 1.21 bits per heavy atom. The Hall–Kier alpha value is -2.12. The number of halogens is 1. The van der Waals surface area contributed by atoms with Crippen molar-refractivity contribution in [3.63, 3.8) is 0 Å². The predicted octanol–water partition coefficient (Wildman–Crippen LogP) is 4.20. The molecule has 0 spiro atoms. The van der Waals surface area contributed by atoms with Gasteiger partial charge in [0.2, 0.25) is 5.89 Å². The number of amides is 1. The summed E-state index contributed by atoms with van der Waals surface area (Å²) in [4.78, 5) is 17.2. The summed E-state index contributed by atoms with van der Waals surface area (Å²) in [7, 11) is -1.17. The van der Waals surface area contributed by atoms with Crippen LogP contribution in [0.1, 0.15) is 48.5 Å². The van der Waals surface area contributed by atoms with Gasteiger partial charge in [0.1, 0.15) is 5.52 Å². The van der Waals surface area contributed by atoms with Crippen LogP contribution in [0.4, 0.5) is 0 Å². The molecule has 7 rings (SSSR count). The molecule has 3 aromatic rings. The van der Waals surface area contributed by atoms with Crippen molar-refractivity contribution in [2.24, 2.45) is 5.92 Å². The molecule has 0 aliphatic heterocycles. The first-order valence-corrected chi connectivity index (χ1v) is 11.5. The van der Waals surface area contributed by atoms with Crippen LogP contribution in [0.15, 0.2) is 44.3 Å². The van der Waals surface area contributed by atoms with E-state index in [0.29, 0.717) is 21.8 Å². The molecule has 1 aromatic carbocycles. The molecule has 4 aliphatic carbocycles. The number of aromatic nitrogens is 1. The van der Waals surface area contributed by atoms with Gasteiger partial charge in [-0.2, -0.15) is 0 Å². The molecule has 8 heteroatoms. The fraction of sp³-hybridized carbons (Fsp3) is 0.429. The molecule has 1 N–H and O–H groups in total. The zero-order valence-corrected chi connectivity index (χ0v) is 17.1. The van der Waals surface area contributed by atoms with E-state index in [1.54, 1.807) is 24.3 Å². The smallest absolute Gasteiger partial charge is 0.287 e. The first-order valence-electron chi connectivity index (χ1n) is 9.81. The maximum Gasteiger partial charge on any atom is 0.287 e. The molecule has 1 unspecified atom stereocenters. The van der Waals surface area contributed by atoms with Crippen molar-refractivity contribution in [1.29, 1.82) is 0 Å². The van der Waals surface area contributed by atoms with Crippen molar-refractivity contribution in [2.75, 3.05) is 5.75 Å². The zero-order valence-electron chi connectivity index (χ0n) is 15.6. The van der Waals surface area contributed by atoms with Gasteiger partial charge >= 0.3 is 0 Å². The topological polar surface area (TPSA) is 85.3 Å². The Morgan fingerprint density at radius 2 is 2.00 bits per heavy atom. The second-order valence-corrected chi connectivity index (χ2v) is 10.6. The predicted molar refractivity (Wildman–Crippen MR) is 107 cm³/mol. The number of benzene rings is 1. The number of hydrogen-bond donors (Lipinski definition) is 1. The fourth-order valence-electron chi connectivity index (χ4n) is 4.72. The van der Waals surface area contributed by atoms with Gasteiger partial charge in [-0.15, -0.1) is 0 Å². The summed E-state index contributed by atoms with van der Waals surface area (Å²) in [6, 6.07) is 8.69. The van der Waals surface area contributed by atoms with E-state index in [-0.39, 0.29) is 22.6 Å². The number of fused-ring (bicyclic) bond motifs is 1. The molecule has 29 heavy (non-hydrogen) atoms. The first kappa shape index (κ1) is 17.7. The molecule has 4 saturated carbocycles. The Balaban J connectivity index is 1.12. The van der Waals surface area contributed by atoms with Crippen LogP contribution in [0.3, 0.4) is 0 Å². The van der Waals surface area contributed by atoms with Gasteiger partial charge in [-0.05, 0) is 68.4 Å². The van der Waals surface area contributed by atoms with E-state index in [0.717, 1.165) is 49.1 Å². The van der Waals surface area contributed by atoms with Gasteiger partial charge < -0.3 is 14.2 Å². The van der Waals surface area contributed by atoms with Crippen molar-refractivity contribution in [3.05, 3.63) is 47.0 Å². The van der Waals surface area contributed by atoms with E-state index in [2.05, 4.69) is 10.3 Å². The highest BCUT2D eigenvalue weighted by Gasteiger charge is 2.71. The van der Waals surface area contributed by atoms with Gasteiger partial charge in [0.05, 0.1) is 16.2 Å². The largest absolute Gasteiger partial charge is 0.442 e. The van der Waals surface area contributed by atoms with Crippen LogP contribution in [0, 0.1) is 5.92 Å². The summed E-state index contributed by atoms with van der Waals surface area (Å²) in [5.74, 6) is 1.85. The maximum absolute atomic E-state index is 12.6. The molecule has 6 nitrogen and oxygen atoms in total. The van der Waals surface area contributed by atoms with E-state index < -0.39 is 10.8 Å². The highest BCUT2D eigenvalue weighted by molar-refractivity contribution is 7.84. The summed E-state index contributed by atoms with van der Waals surface area (Å²) < 4.78 is 23.8. The number of nitrogens with zero attached hydrogens (tertiary/aromatic N) is 1. The molecule has 1 amide bonds. The Morgan fingerprint density at radius 3 is 2.76 bits per heavy atom. The molecule has 0 radical (unpaired) electrons. The van der Waals surface area contributed by atoms with Crippen LogP contribution >= 0.6 is 11.6 Å². The van der Waals surface area contributed by atoms with Gasteiger partial charge in [0.15, 0.2) is 16.4 Å². The molecule has 0 saturated heterocycles. The molecule has 2 bridgehead atoms. The van der Waals surface area contributed by atoms with Crippen LogP contribution < -0.4 is 5.32 Å². The van der Waals surface area contributed by atoms with Crippen LogP contribution in [-0.2, 0) is 16.2 Å². The molecular formula is C21H19ClN2O4S. The standard InChI is InChI=1S/C21H19ClN2O4S/c22-13-3-4-15-14(7-13)23-19(28-15)20-9-21(10-20,11-20)24-18(25)16-5-6-17(27-16)29(26)8-12-1-2-12/h3-7,12H,1-2,8-11H2,(H,24,25). The monoisotopic (exact) mass is 430 g/mol. The summed E-state index contributed by atoms with van der Waals surface area (Å²) in [6.07, 6.45) is 4.67. The number of oxazole rings is 1. The van der Waals surface area contributed by atoms with Crippen molar-refractivity contribution in [3.8, 4) is 0 Å². The number of nitrogens with one attached hydrogen (secondary N) is 1. The molecule has 2 aromatic heterocycles. The molecule has 4 aliphatic rings. The minimum atomic E-state index is -1.17. The van der Waals surface area contributed by atoms with Crippen LogP contribution in [0.2, 0.25) is 5.02 Å². The lowest BCUT2D eigenvalue weighted by Gasteiger charge is -2.68. The molecule has 2 heterocycles. The first-order chi connectivity index (χ1) is 13.9. The number of carbonyl (C=O) groups excluding carboxylic acids is 1. The summed E-state index contributed by atoms with van der Waals surface area (Å²) in [5.41, 5.74) is 1.17. The lowest BCUT2D eigenvalue weighted by molar-refractivity contribution is -0.0958. The third-order valence-electron chi connectivity index (χ3n) is 6.33. The van der Waals surface area contributed by atoms with E-state index in [4.69, 9.17) is 20.4 Å². The van der Waals surface area contributed by atoms with Crippen molar-refractivity contribution in [1.82, 2.24) is 10.3 Å². The third kappa shape index (κ3) is 2.86. The Labute approximate surface area is 174 Å². The average Bonchev–Trinajstić information content (AvgIpc) is 3.15. The van der Waals surface area contributed by atoms with Gasteiger partial charge in [-0.3, -0.25) is 9.00 Å². The van der Waals surface area contributed by atoms with Crippen molar-refractivity contribution in [2.45, 2.75) is 48.2 Å². The third-order valence-corrected chi connectivity index (χ3v) is 8.00. The van der Waals surface area contributed by atoms with E-state index >= 15 is 0 Å². The SMILES string of the molecule is O=C(NC12CC(c3nc4cc(Cl)ccc4o3)(C1)C2)c1ccc(S(=O)CC2CC2)o1. The molecule has 4 fully saturated rings. The lowest BCUT2D eigenvalue weighted by atomic mass is 9.39. The molecular weight excluding hydrogens is 412 g/mol. The van der Waals surface area contributed by atoms with Gasteiger partial charge in [-0.25, -0.2) is 4.98 Å². The molecule has 150 valence electrons. The number of carbonyl (C=O) groups is 1. The Bertz CT molecular complexity index is 1160. The second kappa shape index (κ2) is 5.95. The van der Waals surface area contributed by atoms with Gasteiger partial charge in [0, 0.05) is 16.3 Å². The quantitative estimate of drug-likeness (QED) is 0.633. The van der Waals surface area contributed by atoms with Crippen LogP contribution in [-0.4, -0.2) is 26.4 Å². The van der Waals surface area contributed by atoms with E-state index in [1.807, 2.05) is 6.07 Å². The highest BCUT2D eigenvalue weighted by Crippen LogP contribution is 2.67. The number of hydrogen-bond acceptors (Lipinski definition) is 5. The second-order valence-electron chi connectivity index (χ2n) is 8.75. The highest BCUT2D eigenvalue weighted by atomic mass is 35.5.